The molecule has 0 aliphatic rings. The second kappa shape index (κ2) is 8.07. The van der Waals surface area contributed by atoms with Crippen molar-refractivity contribution in [2.75, 3.05) is 33.4 Å². The zero-order valence-electron chi connectivity index (χ0n) is 9.54. The van der Waals surface area contributed by atoms with E-state index in [1.54, 1.807) is 12.1 Å². The van der Waals surface area contributed by atoms with Crippen molar-refractivity contribution in [3.8, 4) is 5.75 Å². The topological polar surface area (TPSA) is 30.5 Å². The summed E-state index contributed by atoms with van der Waals surface area (Å²) in [5, 5.41) is 3.04. The Labute approximate surface area is 95.6 Å². The standard InChI is InChI=1S/C12H18FNO2/c1-14-6-3-7-15-8-9-16-12-5-2-4-11(13)10-12/h2,4-5,10,14H,3,6-9H2,1H3. The number of ether oxygens (including phenoxy) is 2. The molecule has 1 aromatic rings. The third-order valence-corrected chi connectivity index (χ3v) is 2.01. The van der Waals surface area contributed by atoms with Crippen LogP contribution in [0.2, 0.25) is 0 Å². The van der Waals surface area contributed by atoms with Gasteiger partial charge in [-0.3, -0.25) is 0 Å². The van der Waals surface area contributed by atoms with E-state index in [-0.39, 0.29) is 5.82 Å². The van der Waals surface area contributed by atoms with Crippen molar-refractivity contribution in [3.05, 3.63) is 30.1 Å². The van der Waals surface area contributed by atoms with Gasteiger partial charge in [0.05, 0.1) is 6.61 Å². The summed E-state index contributed by atoms with van der Waals surface area (Å²) < 4.78 is 23.4. The highest BCUT2D eigenvalue weighted by Gasteiger charge is 1.95. The van der Waals surface area contributed by atoms with Crippen molar-refractivity contribution in [2.24, 2.45) is 0 Å². The third-order valence-electron chi connectivity index (χ3n) is 2.01. The molecule has 3 nitrogen and oxygen atoms in total. The summed E-state index contributed by atoms with van der Waals surface area (Å²) in [5.74, 6) is 0.256. The minimum atomic E-state index is -0.285. The van der Waals surface area contributed by atoms with Crippen LogP contribution in [0.5, 0.6) is 5.75 Å². The summed E-state index contributed by atoms with van der Waals surface area (Å²) in [6.45, 7) is 2.64. The molecule has 0 aliphatic carbocycles. The monoisotopic (exact) mass is 227 g/mol. The number of hydrogen-bond acceptors (Lipinski definition) is 3. The first-order chi connectivity index (χ1) is 7.83. The van der Waals surface area contributed by atoms with Crippen LogP contribution in [0.1, 0.15) is 6.42 Å². The molecule has 0 aromatic heterocycles. The van der Waals surface area contributed by atoms with Crippen molar-refractivity contribution in [3.63, 3.8) is 0 Å². The molecule has 0 heterocycles. The third kappa shape index (κ3) is 5.68. The summed E-state index contributed by atoms with van der Waals surface area (Å²) in [4.78, 5) is 0. The first-order valence-corrected chi connectivity index (χ1v) is 5.43. The van der Waals surface area contributed by atoms with Crippen LogP contribution >= 0.6 is 0 Å². The highest BCUT2D eigenvalue weighted by atomic mass is 19.1. The predicted octanol–water partition coefficient (Wildman–Crippen LogP) is 1.83. The first kappa shape index (κ1) is 12.9. The maximum Gasteiger partial charge on any atom is 0.126 e. The molecule has 0 fully saturated rings. The van der Waals surface area contributed by atoms with Crippen molar-refractivity contribution in [1.29, 1.82) is 0 Å². The van der Waals surface area contributed by atoms with Crippen molar-refractivity contribution in [1.82, 2.24) is 5.32 Å². The fourth-order valence-corrected chi connectivity index (χ4v) is 1.23. The lowest BCUT2D eigenvalue weighted by molar-refractivity contribution is 0.0985. The number of hydrogen-bond donors (Lipinski definition) is 1. The minimum Gasteiger partial charge on any atom is -0.491 e. The fraction of sp³-hybridized carbons (Fsp3) is 0.500. The van der Waals surface area contributed by atoms with Gasteiger partial charge in [0.2, 0.25) is 0 Å². The molecule has 16 heavy (non-hydrogen) atoms. The van der Waals surface area contributed by atoms with Crippen LogP contribution in [0.3, 0.4) is 0 Å². The molecule has 90 valence electrons. The van der Waals surface area contributed by atoms with Gasteiger partial charge in [0.25, 0.3) is 0 Å². The van der Waals surface area contributed by atoms with Crippen molar-refractivity contribution < 1.29 is 13.9 Å². The molecule has 0 aliphatic heterocycles. The van der Waals surface area contributed by atoms with Gasteiger partial charge in [0.15, 0.2) is 0 Å². The molecule has 0 saturated carbocycles. The van der Waals surface area contributed by atoms with Gasteiger partial charge in [0.1, 0.15) is 18.2 Å². The van der Waals surface area contributed by atoms with Crippen LogP contribution < -0.4 is 10.1 Å². The lowest BCUT2D eigenvalue weighted by atomic mass is 10.3. The Hall–Kier alpha value is -1.13. The lowest BCUT2D eigenvalue weighted by Gasteiger charge is -2.07. The second-order valence-corrected chi connectivity index (χ2v) is 3.38. The molecule has 0 radical (unpaired) electrons. The van der Waals surface area contributed by atoms with E-state index in [2.05, 4.69) is 5.32 Å². The van der Waals surface area contributed by atoms with Gasteiger partial charge in [-0.2, -0.15) is 0 Å². The maximum absolute atomic E-state index is 12.8. The largest absolute Gasteiger partial charge is 0.491 e. The Morgan fingerprint density at radius 1 is 1.25 bits per heavy atom. The Bertz CT molecular complexity index is 294. The molecule has 0 bridgehead atoms. The number of rotatable bonds is 8. The normalized spacial score (nSPS) is 10.4. The van der Waals surface area contributed by atoms with Gasteiger partial charge in [-0.1, -0.05) is 6.07 Å². The quantitative estimate of drug-likeness (QED) is 0.687. The molecule has 0 spiro atoms. The second-order valence-electron chi connectivity index (χ2n) is 3.38. The van der Waals surface area contributed by atoms with Crippen LogP contribution in [-0.2, 0) is 4.74 Å². The Kier molecular flexibility index (Phi) is 6.53. The Balaban J connectivity index is 2.03. The maximum atomic E-state index is 12.8. The number of halogens is 1. The predicted molar refractivity (Wildman–Crippen MR) is 61.3 cm³/mol. The van der Waals surface area contributed by atoms with E-state index >= 15 is 0 Å². The summed E-state index contributed by atoms with van der Waals surface area (Å²) in [6, 6.07) is 6.10. The average molecular weight is 227 g/mol. The summed E-state index contributed by atoms with van der Waals surface area (Å²) in [7, 11) is 1.91. The molecule has 1 aromatic carbocycles. The van der Waals surface area contributed by atoms with Crippen molar-refractivity contribution in [2.45, 2.75) is 6.42 Å². The number of benzene rings is 1. The van der Waals surface area contributed by atoms with Gasteiger partial charge in [-0.25, -0.2) is 4.39 Å². The van der Waals surface area contributed by atoms with Crippen LogP contribution in [-0.4, -0.2) is 33.4 Å². The Morgan fingerprint density at radius 2 is 2.12 bits per heavy atom. The van der Waals surface area contributed by atoms with E-state index in [4.69, 9.17) is 9.47 Å². The molecule has 1 N–H and O–H groups in total. The summed E-state index contributed by atoms with van der Waals surface area (Å²) in [5.41, 5.74) is 0. The van der Waals surface area contributed by atoms with Gasteiger partial charge in [-0.05, 0) is 32.1 Å². The lowest BCUT2D eigenvalue weighted by Crippen LogP contribution is -2.12. The van der Waals surface area contributed by atoms with Crippen LogP contribution in [0, 0.1) is 5.82 Å². The molecule has 1 rings (SSSR count). The van der Waals surface area contributed by atoms with Gasteiger partial charge in [0, 0.05) is 12.7 Å². The van der Waals surface area contributed by atoms with Crippen molar-refractivity contribution >= 4 is 0 Å². The van der Waals surface area contributed by atoms with E-state index < -0.39 is 0 Å². The smallest absolute Gasteiger partial charge is 0.126 e. The van der Waals surface area contributed by atoms with Gasteiger partial charge in [-0.15, -0.1) is 0 Å². The highest BCUT2D eigenvalue weighted by molar-refractivity contribution is 5.22. The number of nitrogens with one attached hydrogen (secondary N) is 1. The van der Waals surface area contributed by atoms with Crippen LogP contribution in [0.4, 0.5) is 4.39 Å². The van der Waals surface area contributed by atoms with Crippen LogP contribution in [0.25, 0.3) is 0 Å². The minimum absolute atomic E-state index is 0.285. The zero-order valence-corrected chi connectivity index (χ0v) is 9.54. The first-order valence-electron chi connectivity index (χ1n) is 5.43. The van der Waals surface area contributed by atoms with E-state index in [9.17, 15) is 4.39 Å². The van der Waals surface area contributed by atoms with E-state index in [1.807, 2.05) is 7.05 Å². The molecule has 0 atom stereocenters. The highest BCUT2D eigenvalue weighted by Crippen LogP contribution is 2.11. The van der Waals surface area contributed by atoms with E-state index in [0.29, 0.717) is 25.6 Å². The van der Waals surface area contributed by atoms with Gasteiger partial charge >= 0.3 is 0 Å². The van der Waals surface area contributed by atoms with E-state index in [1.165, 1.54) is 12.1 Å². The molecule has 0 unspecified atom stereocenters. The van der Waals surface area contributed by atoms with E-state index in [0.717, 1.165) is 13.0 Å². The fourth-order valence-electron chi connectivity index (χ4n) is 1.23. The zero-order chi connectivity index (χ0) is 11.6. The van der Waals surface area contributed by atoms with Gasteiger partial charge < -0.3 is 14.8 Å². The SMILES string of the molecule is CNCCCOCCOc1cccc(F)c1. The molecular weight excluding hydrogens is 209 g/mol. The van der Waals surface area contributed by atoms with Crippen LogP contribution in [0.15, 0.2) is 24.3 Å². The Morgan fingerprint density at radius 3 is 2.88 bits per heavy atom. The summed E-state index contributed by atoms with van der Waals surface area (Å²) in [6.07, 6.45) is 0.983. The summed E-state index contributed by atoms with van der Waals surface area (Å²) >= 11 is 0. The molecule has 4 heteroatoms. The molecule has 0 saturated heterocycles. The molecule has 0 amide bonds. The molecular formula is C12H18FNO2. The average Bonchev–Trinajstić information content (AvgIpc) is 2.28.